The topological polar surface area (TPSA) is 50.4 Å². The van der Waals surface area contributed by atoms with Gasteiger partial charge in [0.2, 0.25) is 5.91 Å². The molecule has 0 bridgehead atoms. The maximum absolute atomic E-state index is 12.0. The Hall–Kier alpha value is -0.610. The lowest BCUT2D eigenvalue weighted by Crippen LogP contribution is -2.50. The van der Waals surface area contributed by atoms with Gasteiger partial charge in [-0.1, -0.05) is 6.92 Å². The molecule has 1 heterocycles. The molecule has 0 saturated carbocycles. The van der Waals surface area contributed by atoms with Gasteiger partial charge in [-0.3, -0.25) is 4.79 Å². The monoisotopic (exact) mass is 214 g/mol. The minimum atomic E-state index is -0.127. The Labute approximate surface area is 91.8 Å². The number of carbonyl (C=O) groups excluding carboxylic acids is 1. The first-order valence-electron chi connectivity index (χ1n) is 5.57. The Kier molecular flexibility index (Phi) is 4.11. The van der Waals surface area contributed by atoms with Crippen LogP contribution in [-0.4, -0.2) is 37.7 Å². The summed E-state index contributed by atoms with van der Waals surface area (Å²) in [5.41, 5.74) is -0.127. The lowest BCUT2D eigenvalue weighted by molar-refractivity contribution is -0.127. The van der Waals surface area contributed by atoms with Crippen molar-refractivity contribution in [2.75, 3.05) is 20.3 Å². The molecule has 1 amide bonds. The lowest BCUT2D eigenvalue weighted by atomic mass is 9.97. The minimum Gasteiger partial charge on any atom is -0.379 e. The van der Waals surface area contributed by atoms with Crippen molar-refractivity contribution in [3.8, 4) is 0 Å². The summed E-state index contributed by atoms with van der Waals surface area (Å²) in [6.07, 6.45) is 0.927. The number of rotatable bonds is 4. The Morgan fingerprint density at radius 3 is 2.67 bits per heavy atom. The van der Waals surface area contributed by atoms with Crippen molar-refractivity contribution < 1.29 is 9.53 Å². The summed E-state index contributed by atoms with van der Waals surface area (Å²) >= 11 is 0. The Morgan fingerprint density at radius 1 is 1.47 bits per heavy atom. The van der Waals surface area contributed by atoms with Crippen molar-refractivity contribution in [2.45, 2.75) is 38.8 Å². The molecule has 1 fully saturated rings. The average Bonchev–Trinajstić information content (AvgIpc) is 2.64. The smallest absolute Gasteiger partial charge is 0.227 e. The van der Waals surface area contributed by atoms with Crippen molar-refractivity contribution in [3.63, 3.8) is 0 Å². The number of nitrogens with one attached hydrogen (secondary N) is 2. The molecule has 15 heavy (non-hydrogen) atoms. The van der Waals surface area contributed by atoms with Crippen molar-refractivity contribution in [2.24, 2.45) is 5.92 Å². The van der Waals surface area contributed by atoms with E-state index >= 15 is 0 Å². The molecule has 0 aliphatic carbocycles. The fraction of sp³-hybridized carbons (Fsp3) is 0.909. The largest absolute Gasteiger partial charge is 0.379 e. The quantitative estimate of drug-likeness (QED) is 0.717. The molecule has 0 aromatic heterocycles. The van der Waals surface area contributed by atoms with Gasteiger partial charge in [-0.2, -0.15) is 0 Å². The van der Waals surface area contributed by atoms with E-state index in [2.05, 4.69) is 17.6 Å². The van der Waals surface area contributed by atoms with Gasteiger partial charge < -0.3 is 15.4 Å². The van der Waals surface area contributed by atoms with Crippen LogP contribution in [0.25, 0.3) is 0 Å². The van der Waals surface area contributed by atoms with Crippen LogP contribution in [0.4, 0.5) is 0 Å². The molecule has 1 aliphatic heterocycles. The van der Waals surface area contributed by atoms with E-state index in [-0.39, 0.29) is 23.4 Å². The third-order valence-corrected chi connectivity index (χ3v) is 3.13. The second kappa shape index (κ2) is 4.94. The fourth-order valence-electron chi connectivity index (χ4n) is 1.61. The van der Waals surface area contributed by atoms with E-state index in [9.17, 15) is 4.79 Å². The fourth-order valence-corrected chi connectivity index (χ4v) is 1.61. The van der Waals surface area contributed by atoms with E-state index in [1.165, 1.54) is 0 Å². The molecule has 1 saturated heterocycles. The van der Waals surface area contributed by atoms with Crippen LogP contribution in [0.2, 0.25) is 0 Å². The first-order valence-corrected chi connectivity index (χ1v) is 5.57. The van der Waals surface area contributed by atoms with Crippen molar-refractivity contribution in [3.05, 3.63) is 0 Å². The van der Waals surface area contributed by atoms with Gasteiger partial charge in [-0.25, -0.2) is 0 Å². The van der Waals surface area contributed by atoms with Gasteiger partial charge in [-0.15, -0.1) is 0 Å². The van der Waals surface area contributed by atoms with E-state index < -0.39 is 0 Å². The van der Waals surface area contributed by atoms with Gasteiger partial charge in [0.25, 0.3) is 0 Å². The highest BCUT2D eigenvalue weighted by Crippen LogP contribution is 2.16. The zero-order chi connectivity index (χ0) is 11.5. The van der Waals surface area contributed by atoms with Crippen LogP contribution in [0.3, 0.4) is 0 Å². The van der Waals surface area contributed by atoms with Crippen LogP contribution in [0.1, 0.15) is 27.2 Å². The normalized spacial score (nSPS) is 26.7. The van der Waals surface area contributed by atoms with E-state index in [0.29, 0.717) is 13.2 Å². The van der Waals surface area contributed by atoms with Crippen molar-refractivity contribution in [1.82, 2.24) is 10.6 Å². The molecule has 88 valence electrons. The molecular weight excluding hydrogens is 192 g/mol. The first kappa shape index (κ1) is 12.5. The van der Waals surface area contributed by atoms with Gasteiger partial charge in [0.15, 0.2) is 0 Å². The molecule has 2 N–H and O–H groups in total. The zero-order valence-corrected chi connectivity index (χ0v) is 10.1. The van der Waals surface area contributed by atoms with Crippen LogP contribution < -0.4 is 10.6 Å². The number of likely N-dealkylation sites (N-methyl/N-ethyl adjacent to an activating group) is 1. The summed E-state index contributed by atoms with van der Waals surface area (Å²) in [7, 11) is 1.87. The number of amides is 1. The van der Waals surface area contributed by atoms with E-state index in [1.54, 1.807) is 0 Å². The molecule has 0 radical (unpaired) electrons. The van der Waals surface area contributed by atoms with Crippen LogP contribution >= 0.6 is 0 Å². The van der Waals surface area contributed by atoms with Crippen LogP contribution in [0.5, 0.6) is 0 Å². The van der Waals surface area contributed by atoms with Crippen molar-refractivity contribution in [1.29, 1.82) is 0 Å². The third-order valence-electron chi connectivity index (χ3n) is 3.13. The average molecular weight is 214 g/mol. The molecule has 2 unspecified atom stereocenters. The highest BCUT2D eigenvalue weighted by atomic mass is 16.5. The van der Waals surface area contributed by atoms with E-state index in [0.717, 1.165) is 6.42 Å². The molecule has 4 heteroatoms. The van der Waals surface area contributed by atoms with Gasteiger partial charge in [-0.05, 0) is 27.3 Å². The summed E-state index contributed by atoms with van der Waals surface area (Å²) in [5.74, 6) is 0.0412. The predicted octanol–water partition coefficient (Wildman–Crippen LogP) is 0.526. The maximum Gasteiger partial charge on any atom is 0.227 e. The summed E-state index contributed by atoms with van der Waals surface area (Å²) < 4.78 is 5.31. The van der Waals surface area contributed by atoms with Gasteiger partial charge in [0.1, 0.15) is 0 Å². The molecule has 4 nitrogen and oxygen atoms in total. The number of hydrogen-bond donors (Lipinski definition) is 2. The SMILES string of the molecule is CCC(C)(C)NC(=O)C1COCC1NC. The van der Waals surface area contributed by atoms with Gasteiger partial charge in [0.05, 0.1) is 19.1 Å². The number of hydrogen-bond acceptors (Lipinski definition) is 3. The minimum absolute atomic E-state index is 0.0548. The van der Waals surface area contributed by atoms with E-state index in [1.807, 2.05) is 20.9 Å². The molecule has 2 atom stereocenters. The molecular formula is C11H22N2O2. The lowest BCUT2D eigenvalue weighted by Gasteiger charge is -2.27. The molecule has 0 aromatic carbocycles. The Balaban J connectivity index is 2.53. The molecule has 1 rings (SSSR count). The van der Waals surface area contributed by atoms with Crippen LogP contribution in [0.15, 0.2) is 0 Å². The molecule has 0 aromatic rings. The first-order chi connectivity index (χ1) is 7.00. The van der Waals surface area contributed by atoms with Gasteiger partial charge >= 0.3 is 0 Å². The Morgan fingerprint density at radius 2 is 2.13 bits per heavy atom. The summed E-state index contributed by atoms with van der Waals surface area (Å²) in [6, 6.07) is 0.151. The van der Waals surface area contributed by atoms with Gasteiger partial charge in [0, 0.05) is 11.6 Å². The standard InChI is InChI=1S/C11H22N2O2/c1-5-11(2,3)13-10(14)8-6-15-7-9(8)12-4/h8-9,12H,5-7H2,1-4H3,(H,13,14). The Bertz CT molecular complexity index is 229. The number of carbonyl (C=O) groups is 1. The van der Waals surface area contributed by atoms with E-state index in [4.69, 9.17) is 4.74 Å². The second-order valence-electron chi connectivity index (χ2n) is 4.77. The zero-order valence-electron chi connectivity index (χ0n) is 10.1. The van der Waals surface area contributed by atoms with Crippen LogP contribution in [-0.2, 0) is 9.53 Å². The van der Waals surface area contributed by atoms with Crippen LogP contribution in [0, 0.1) is 5.92 Å². The second-order valence-corrected chi connectivity index (χ2v) is 4.77. The number of ether oxygens (including phenoxy) is 1. The summed E-state index contributed by atoms with van der Waals surface area (Å²) in [5, 5.41) is 6.17. The highest BCUT2D eigenvalue weighted by Gasteiger charge is 2.34. The highest BCUT2D eigenvalue weighted by molar-refractivity contribution is 5.80. The summed E-state index contributed by atoms with van der Waals surface area (Å²) in [4.78, 5) is 12.0. The maximum atomic E-state index is 12.0. The predicted molar refractivity (Wildman–Crippen MR) is 59.7 cm³/mol. The third kappa shape index (κ3) is 3.18. The molecule has 0 spiro atoms. The molecule has 1 aliphatic rings. The van der Waals surface area contributed by atoms with Crippen molar-refractivity contribution >= 4 is 5.91 Å². The summed E-state index contributed by atoms with van der Waals surface area (Å²) in [6.45, 7) is 7.30.